The van der Waals surface area contributed by atoms with Crippen molar-refractivity contribution in [3.8, 4) is 0 Å². The molecule has 0 aromatic carbocycles. The summed E-state index contributed by atoms with van der Waals surface area (Å²) < 4.78 is 11.8. The number of hydrogen-bond acceptors (Lipinski definition) is 11. The molecule has 0 aromatic heterocycles. The third-order valence-electron chi connectivity index (χ3n) is 15.3. The molecule has 0 bridgehead atoms. The maximum Gasteiger partial charge on any atom is 0.312 e. The van der Waals surface area contributed by atoms with E-state index < -0.39 is 102 Å². The van der Waals surface area contributed by atoms with Crippen LogP contribution in [0.15, 0.2) is 11.6 Å². The number of fused-ring (bicyclic) bond motifs is 7. The van der Waals surface area contributed by atoms with Crippen LogP contribution in [0.25, 0.3) is 0 Å². The van der Waals surface area contributed by atoms with Gasteiger partial charge in [0, 0.05) is 5.41 Å². The molecular weight excluding hydrogens is 624 g/mol. The van der Waals surface area contributed by atoms with Crippen molar-refractivity contribution in [3.63, 3.8) is 0 Å². The molecule has 5 fully saturated rings. The smallest absolute Gasteiger partial charge is 0.312 e. The molecule has 1 saturated heterocycles. The molecule has 9 N–H and O–H groups in total. The Kier molecular flexibility index (Phi) is 9.10. The topological polar surface area (TPSA) is 218 Å². The Bertz CT molecular complexity index is 1280. The number of carboxylic acid groups (broad SMARTS) is 1. The summed E-state index contributed by atoms with van der Waals surface area (Å²) in [5.41, 5.74) is -3.13. The third kappa shape index (κ3) is 4.73. The fourth-order valence-corrected chi connectivity index (χ4v) is 12.5. The fraction of sp³-hybridized carbons (Fsp3) is 0.917. The van der Waals surface area contributed by atoms with E-state index in [1.54, 1.807) is 0 Å². The van der Waals surface area contributed by atoms with E-state index in [-0.39, 0.29) is 29.6 Å². The summed E-state index contributed by atoms with van der Waals surface area (Å²) in [5, 5.41) is 97.7. The van der Waals surface area contributed by atoms with Gasteiger partial charge in [-0.25, -0.2) is 0 Å². The summed E-state index contributed by atoms with van der Waals surface area (Å²) in [5.74, 6) is -1.65. The zero-order valence-corrected chi connectivity index (χ0v) is 29.0. The monoisotopic (exact) mass is 682 g/mol. The van der Waals surface area contributed by atoms with E-state index in [1.807, 2.05) is 0 Å². The van der Waals surface area contributed by atoms with E-state index in [2.05, 4.69) is 40.7 Å². The van der Waals surface area contributed by atoms with Gasteiger partial charge < -0.3 is 55.4 Å². The number of rotatable bonds is 6. The molecule has 0 spiro atoms. The van der Waals surface area contributed by atoms with Gasteiger partial charge in [-0.3, -0.25) is 4.79 Å². The Balaban J connectivity index is 1.38. The predicted octanol–water partition coefficient (Wildman–Crippen LogP) is 0.944. The standard InChI is InChI=1S/C36H58O12/c1-31(2)10-11-36(30(45)46)19(12-31)18-6-7-22-32(3)13-20(40)28(48-29-27(44)26(43)25(42)21(15-37)47-29)35(16-38,17-39)23(32)8-9-33(22,4)34(18,5)14-24(36)41/h6,19-29,37-44H,7-17H2,1-5H3,(H,45,46)/t19-,20-,21+,22+,23+,24+,25+,26-,27-,28-,29-,32+,33+,34+,36+/m0/s1. The number of carbonyl (C=O) groups is 1. The van der Waals surface area contributed by atoms with Crippen LogP contribution in [-0.4, -0.2) is 121 Å². The molecule has 1 aliphatic heterocycles. The minimum absolute atomic E-state index is 0.0565. The number of ether oxygens (including phenoxy) is 2. The van der Waals surface area contributed by atoms with Gasteiger partial charge in [-0.15, -0.1) is 0 Å². The van der Waals surface area contributed by atoms with Crippen molar-refractivity contribution in [3.05, 3.63) is 11.6 Å². The fourth-order valence-electron chi connectivity index (χ4n) is 12.5. The zero-order chi connectivity index (χ0) is 35.4. The SMILES string of the molecule is CC1(C)CC[C@]2(C(=O)O)[C@H](O)C[C@]3(C)C(=CC[C@@H]4[C@@]5(C)C[C@H](O)[C@H](O[C@@H]6O[C@H](CO)[C@@H](O)[C@H](O)[C@@H]6O)C(CO)(CO)[C@@H]5CC[C@]43C)[C@@H]2C1. The summed E-state index contributed by atoms with van der Waals surface area (Å²) in [4.78, 5) is 13.0. The molecule has 6 aliphatic rings. The quantitative estimate of drug-likeness (QED) is 0.141. The number of hydrogen-bond donors (Lipinski definition) is 9. The highest BCUT2D eigenvalue weighted by molar-refractivity contribution is 5.77. The Morgan fingerprint density at radius 3 is 2.15 bits per heavy atom. The number of aliphatic carboxylic acids is 1. The van der Waals surface area contributed by atoms with Gasteiger partial charge in [0.25, 0.3) is 0 Å². The largest absolute Gasteiger partial charge is 0.481 e. The van der Waals surface area contributed by atoms with Gasteiger partial charge in [0.15, 0.2) is 6.29 Å². The van der Waals surface area contributed by atoms with Crippen molar-refractivity contribution in [2.24, 2.45) is 50.2 Å². The lowest BCUT2D eigenvalue weighted by Gasteiger charge is -2.72. The molecule has 4 saturated carbocycles. The van der Waals surface area contributed by atoms with Crippen LogP contribution in [0.4, 0.5) is 0 Å². The first-order valence-corrected chi connectivity index (χ1v) is 17.8. The first-order chi connectivity index (χ1) is 22.3. The van der Waals surface area contributed by atoms with Gasteiger partial charge in [-0.1, -0.05) is 46.3 Å². The summed E-state index contributed by atoms with van der Waals surface area (Å²) >= 11 is 0. The lowest BCUT2D eigenvalue weighted by Crippen LogP contribution is -2.71. The lowest BCUT2D eigenvalue weighted by molar-refractivity contribution is -0.349. The predicted molar refractivity (Wildman–Crippen MR) is 171 cm³/mol. The minimum atomic E-state index is -1.71. The highest BCUT2D eigenvalue weighted by atomic mass is 16.7. The van der Waals surface area contributed by atoms with Crippen LogP contribution in [-0.2, 0) is 14.3 Å². The van der Waals surface area contributed by atoms with E-state index in [0.717, 1.165) is 12.0 Å². The van der Waals surface area contributed by atoms with Crippen LogP contribution in [0.1, 0.15) is 86.0 Å². The van der Waals surface area contributed by atoms with Crippen LogP contribution >= 0.6 is 0 Å². The summed E-state index contributed by atoms with van der Waals surface area (Å²) in [6, 6.07) is 0. The van der Waals surface area contributed by atoms with Crippen LogP contribution in [0.2, 0.25) is 0 Å². The average Bonchev–Trinajstić information content (AvgIpc) is 3.01. The maximum atomic E-state index is 13.0. The molecule has 0 unspecified atom stereocenters. The number of allylic oxidation sites excluding steroid dienone is 2. The van der Waals surface area contributed by atoms with Crippen LogP contribution in [0.3, 0.4) is 0 Å². The Morgan fingerprint density at radius 2 is 1.54 bits per heavy atom. The molecule has 12 nitrogen and oxygen atoms in total. The molecular formula is C36H58O12. The molecule has 15 atom stereocenters. The molecule has 0 aromatic rings. The summed E-state index contributed by atoms with van der Waals surface area (Å²) in [6.07, 6.45) is -4.81. The molecule has 274 valence electrons. The van der Waals surface area contributed by atoms with Gasteiger partial charge in [-0.2, -0.15) is 0 Å². The minimum Gasteiger partial charge on any atom is -0.481 e. The van der Waals surface area contributed by atoms with Crippen molar-refractivity contribution in [2.45, 2.75) is 135 Å². The van der Waals surface area contributed by atoms with E-state index in [4.69, 9.17) is 9.47 Å². The van der Waals surface area contributed by atoms with Crippen molar-refractivity contribution < 1.29 is 60.2 Å². The van der Waals surface area contributed by atoms with E-state index in [1.165, 1.54) is 0 Å². The first kappa shape index (κ1) is 36.6. The van der Waals surface area contributed by atoms with Crippen LogP contribution < -0.4 is 0 Å². The summed E-state index contributed by atoms with van der Waals surface area (Å²) in [7, 11) is 0. The first-order valence-electron chi connectivity index (χ1n) is 17.8. The van der Waals surface area contributed by atoms with Crippen LogP contribution in [0.5, 0.6) is 0 Å². The van der Waals surface area contributed by atoms with Crippen molar-refractivity contribution in [2.75, 3.05) is 19.8 Å². The van der Waals surface area contributed by atoms with Crippen LogP contribution in [0, 0.1) is 50.2 Å². The second-order valence-corrected chi connectivity index (χ2v) is 17.9. The highest BCUT2D eigenvalue weighted by Crippen LogP contribution is 2.76. The lowest BCUT2D eigenvalue weighted by atomic mass is 9.33. The third-order valence-corrected chi connectivity index (χ3v) is 15.3. The van der Waals surface area contributed by atoms with Gasteiger partial charge >= 0.3 is 5.97 Å². The molecule has 5 aliphatic carbocycles. The average molecular weight is 683 g/mol. The number of aliphatic hydroxyl groups excluding tert-OH is 8. The Labute approximate surface area is 282 Å². The maximum absolute atomic E-state index is 13.0. The molecule has 6 rings (SSSR count). The van der Waals surface area contributed by atoms with Gasteiger partial charge in [0.2, 0.25) is 0 Å². The Hall–Kier alpha value is -1.19. The molecule has 1 heterocycles. The van der Waals surface area contributed by atoms with Crippen molar-refractivity contribution in [1.29, 1.82) is 0 Å². The molecule has 12 heteroatoms. The van der Waals surface area contributed by atoms with Crippen molar-refractivity contribution >= 4 is 5.97 Å². The zero-order valence-electron chi connectivity index (χ0n) is 29.0. The second kappa shape index (κ2) is 11.9. The van der Waals surface area contributed by atoms with Gasteiger partial charge in [-0.05, 0) is 90.8 Å². The second-order valence-electron chi connectivity index (χ2n) is 17.9. The summed E-state index contributed by atoms with van der Waals surface area (Å²) in [6.45, 7) is 9.13. The normalized spacial score (nSPS) is 52.6. The van der Waals surface area contributed by atoms with E-state index >= 15 is 0 Å². The number of carboxylic acids is 1. The number of aliphatic hydroxyl groups is 8. The molecule has 48 heavy (non-hydrogen) atoms. The van der Waals surface area contributed by atoms with Gasteiger partial charge in [0.1, 0.15) is 29.8 Å². The molecule has 0 radical (unpaired) electrons. The molecule has 0 amide bonds. The van der Waals surface area contributed by atoms with E-state index in [9.17, 15) is 50.8 Å². The Morgan fingerprint density at radius 1 is 0.875 bits per heavy atom. The highest BCUT2D eigenvalue weighted by Gasteiger charge is 2.73. The van der Waals surface area contributed by atoms with Crippen molar-refractivity contribution in [1.82, 2.24) is 0 Å². The van der Waals surface area contributed by atoms with Gasteiger partial charge in [0.05, 0.1) is 38.1 Å². The van der Waals surface area contributed by atoms with E-state index in [0.29, 0.717) is 38.5 Å².